The normalized spacial score (nSPS) is 11.2. The number of carbonyl (C=O) groups excluding carboxylic acids is 1. The number of phenolic OH excluding ortho intramolecular Hbond substituents is 1. The van der Waals surface area contributed by atoms with Crippen LogP contribution in [0, 0.1) is 27.7 Å². The van der Waals surface area contributed by atoms with Crippen molar-refractivity contribution < 1.29 is 9.90 Å². The van der Waals surface area contributed by atoms with Crippen molar-refractivity contribution in [2.45, 2.75) is 27.7 Å². The zero-order chi connectivity index (χ0) is 18.8. The van der Waals surface area contributed by atoms with Gasteiger partial charge in [-0.15, -0.1) is 0 Å². The molecular formula is C22H22N2O2. The number of aromatic hydroxyl groups is 1. The van der Waals surface area contributed by atoms with Crippen LogP contribution in [0.15, 0.2) is 48.5 Å². The zero-order valence-electron chi connectivity index (χ0n) is 15.4. The van der Waals surface area contributed by atoms with Crippen LogP contribution in [-0.2, 0) is 0 Å². The third kappa shape index (κ3) is 3.31. The molecule has 26 heavy (non-hydrogen) atoms. The largest absolute Gasteiger partial charge is 0.507 e. The van der Waals surface area contributed by atoms with Crippen LogP contribution in [0.3, 0.4) is 0 Å². The van der Waals surface area contributed by atoms with E-state index >= 15 is 0 Å². The Morgan fingerprint density at radius 3 is 2.27 bits per heavy atom. The predicted octanol–water partition coefficient (Wildman–Crippen LogP) is 4.71. The molecule has 0 aliphatic heterocycles. The Balaban J connectivity index is 1.93. The second-order valence-electron chi connectivity index (χ2n) is 6.49. The van der Waals surface area contributed by atoms with E-state index in [1.807, 2.05) is 70.2 Å². The van der Waals surface area contributed by atoms with Gasteiger partial charge in [0.2, 0.25) is 0 Å². The summed E-state index contributed by atoms with van der Waals surface area (Å²) in [7, 11) is 0. The molecule has 1 aromatic heterocycles. The molecule has 0 saturated carbocycles. The van der Waals surface area contributed by atoms with Gasteiger partial charge in [0, 0.05) is 0 Å². The summed E-state index contributed by atoms with van der Waals surface area (Å²) >= 11 is 0. The molecule has 3 aromatic rings. The SMILES string of the molecule is Cc1cc(C=CC(=O)c2c(C)nn(-c3ccccc3)c2C)cc(C)c1O. The van der Waals surface area contributed by atoms with Gasteiger partial charge in [-0.05, 0) is 74.7 Å². The van der Waals surface area contributed by atoms with Gasteiger partial charge in [-0.3, -0.25) is 4.79 Å². The monoisotopic (exact) mass is 346 g/mol. The molecule has 2 aromatic carbocycles. The van der Waals surface area contributed by atoms with E-state index < -0.39 is 0 Å². The third-order valence-corrected chi connectivity index (χ3v) is 4.48. The maximum absolute atomic E-state index is 12.8. The molecular weight excluding hydrogens is 324 g/mol. The first-order valence-electron chi connectivity index (χ1n) is 8.52. The van der Waals surface area contributed by atoms with Crippen molar-refractivity contribution in [1.29, 1.82) is 0 Å². The summed E-state index contributed by atoms with van der Waals surface area (Å²) in [5, 5.41) is 14.4. The molecule has 0 bridgehead atoms. The first-order chi connectivity index (χ1) is 12.4. The maximum atomic E-state index is 12.8. The van der Waals surface area contributed by atoms with Crippen LogP contribution in [0.4, 0.5) is 0 Å². The minimum Gasteiger partial charge on any atom is -0.507 e. The van der Waals surface area contributed by atoms with Gasteiger partial charge in [-0.2, -0.15) is 5.10 Å². The van der Waals surface area contributed by atoms with Crippen LogP contribution in [0.25, 0.3) is 11.8 Å². The number of hydrogen-bond acceptors (Lipinski definition) is 3. The highest BCUT2D eigenvalue weighted by molar-refractivity contribution is 6.08. The molecule has 4 nitrogen and oxygen atoms in total. The van der Waals surface area contributed by atoms with E-state index in [1.165, 1.54) is 0 Å². The lowest BCUT2D eigenvalue weighted by Gasteiger charge is -2.05. The Kier molecular flexibility index (Phi) is 4.76. The number of hydrogen-bond donors (Lipinski definition) is 1. The molecule has 0 aliphatic rings. The van der Waals surface area contributed by atoms with E-state index in [0.717, 1.165) is 28.1 Å². The van der Waals surface area contributed by atoms with Crippen molar-refractivity contribution in [3.05, 3.63) is 82.2 Å². The Bertz CT molecular complexity index is 975. The van der Waals surface area contributed by atoms with Gasteiger partial charge in [0.1, 0.15) is 5.75 Å². The Morgan fingerprint density at radius 2 is 1.65 bits per heavy atom. The number of ketones is 1. The average molecular weight is 346 g/mol. The first kappa shape index (κ1) is 17.7. The Morgan fingerprint density at radius 1 is 1.04 bits per heavy atom. The summed E-state index contributed by atoms with van der Waals surface area (Å²) < 4.78 is 1.80. The highest BCUT2D eigenvalue weighted by Gasteiger charge is 2.17. The molecule has 1 heterocycles. The van der Waals surface area contributed by atoms with Crippen molar-refractivity contribution in [3.8, 4) is 11.4 Å². The lowest BCUT2D eigenvalue weighted by atomic mass is 10.0. The topological polar surface area (TPSA) is 55.1 Å². The highest BCUT2D eigenvalue weighted by Crippen LogP contribution is 2.24. The third-order valence-electron chi connectivity index (χ3n) is 4.48. The minimum absolute atomic E-state index is 0.0782. The second-order valence-corrected chi connectivity index (χ2v) is 6.49. The first-order valence-corrected chi connectivity index (χ1v) is 8.52. The number of phenols is 1. The number of rotatable bonds is 4. The van der Waals surface area contributed by atoms with Crippen molar-refractivity contribution in [1.82, 2.24) is 9.78 Å². The molecule has 1 N–H and O–H groups in total. The number of aryl methyl sites for hydroxylation is 3. The number of carbonyl (C=O) groups is 1. The summed E-state index contributed by atoms with van der Waals surface area (Å²) in [4.78, 5) is 12.8. The summed E-state index contributed by atoms with van der Waals surface area (Å²) in [6.07, 6.45) is 3.35. The molecule has 132 valence electrons. The van der Waals surface area contributed by atoms with E-state index in [0.29, 0.717) is 17.0 Å². The van der Waals surface area contributed by atoms with Gasteiger partial charge in [0.15, 0.2) is 5.78 Å². The van der Waals surface area contributed by atoms with E-state index in [2.05, 4.69) is 5.10 Å². The molecule has 0 fully saturated rings. The molecule has 0 aliphatic carbocycles. The highest BCUT2D eigenvalue weighted by atomic mass is 16.3. The van der Waals surface area contributed by atoms with Crippen LogP contribution in [0.2, 0.25) is 0 Å². The van der Waals surface area contributed by atoms with Gasteiger partial charge in [-0.1, -0.05) is 24.3 Å². The number of benzene rings is 2. The van der Waals surface area contributed by atoms with Gasteiger partial charge in [0.25, 0.3) is 0 Å². The van der Waals surface area contributed by atoms with Crippen molar-refractivity contribution >= 4 is 11.9 Å². The lowest BCUT2D eigenvalue weighted by Crippen LogP contribution is -2.01. The molecule has 0 amide bonds. The molecule has 4 heteroatoms. The van der Waals surface area contributed by atoms with E-state index in [-0.39, 0.29) is 5.78 Å². The van der Waals surface area contributed by atoms with Crippen LogP contribution in [-0.4, -0.2) is 20.7 Å². The number of allylic oxidation sites excluding steroid dienone is 1. The van der Waals surface area contributed by atoms with E-state index in [1.54, 1.807) is 16.8 Å². The zero-order valence-corrected chi connectivity index (χ0v) is 15.4. The van der Waals surface area contributed by atoms with Gasteiger partial charge in [-0.25, -0.2) is 4.68 Å². The molecule has 0 saturated heterocycles. The van der Waals surface area contributed by atoms with Crippen molar-refractivity contribution in [2.75, 3.05) is 0 Å². The van der Waals surface area contributed by atoms with Crippen LogP contribution in [0.1, 0.15) is 38.4 Å². The summed E-state index contributed by atoms with van der Waals surface area (Å²) in [5.41, 5.74) is 5.55. The number of aromatic nitrogens is 2. The molecule has 0 atom stereocenters. The number of nitrogens with zero attached hydrogens (tertiary/aromatic N) is 2. The van der Waals surface area contributed by atoms with Crippen LogP contribution < -0.4 is 0 Å². The summed E-state index contributed by atoms with van der Waals surface area (Å²) in [6, 6.07) is 13.5. The number of para-hydroxylation sites is 1. The lowest BCUT2D eigenvalue weighted by molar-refractivity contribution is 0.104. The van der Waals surface area contributed by atoms with Crippen LogP contribution in [0.5, 0.6) is 5.75 Å². The Hall–Kier alpha value is -3.14. The van der Waals surface area contributed by atoms with E-state index in [9.17, 15) is 9.90 Å². The Labute approximate surface area is 153 Å². The quantitative estimate of drug-likeness (QED) is 0.550. The fourth-order valence-electron chi connectivity index (χ4n) is 3.16. The standard InChI is InChI=1S/C22H22N2O2/c1-14-12-18(13-15(2)22(14)26)10-11-20(25)21-16(3)23-24(17(21)4)19-8-6-5-7-9-19/h5-13,26H,1-4H3. The van der Waals surface area contributed by atoms with Gasteiger partial charge in [0.05, 0.1) is 22.6 Å². The maximum Gasteiger partial charge on any atom is 0.189 e. The fourth-order valence-corrected chi connectivity index (χ4v) is 3.16. The fraction of sp³-hybridized carbons (Fsp3) is 0.182. The minimum atomic E-state index is -0.0782. The average Bonchev–Trinajstić information content (AvgIpc) is 2.92. The smallest absolute Gasteiger partial charge is 0.189 e. The van der Waals surface area contributed by atoms with E-state index in [4.69, 9.17) is 0 Å². The predicted molar refractivity (Wildman–Crippen MR) is 104 cm³/mol. The summed E-state index contributed by atoms with van der Waals surface area (Å²) in [6.45, 7) is 7.45. The molecule has 0 spiro atoms. The molecule has 0 unspecified atom stereocenters. The van der Waals surface area contributed by atoms with Gasteiger partial charge >= 0.3 is 0 Å². The molecule has 3 rings (SSSR count). The van der Waals surface area contributed by atoms with Crippen LogP contribution >= 0.6 is 0 Å². The second kappa shape index (κ2) is 7.00. The summed E-state index contributed by atoms with van der Waals surface area (Å²) in [5.74, 6) is 0.217. The van der Waals surface area contributed by atoms with Crippen molar-refractivity contribution in [2.24, 2.45) is 0 Å². The van der Waals surface area contributed by atoms with Gasteiger partial charge < -0.3 is 5.11 Å². The van der Waals surface area contributed by atoms with Crippen molar-refractivity contribution in [3.63, 3.8) is 0 Å². The molecule has 0 radical (unpaired) electrons.